The van der Waals surface area contributed by atoms with Crippen molar-refractivity contribution in [2.24, 2.45) is 0 Å². The van der Waals surface area contributed by atoms with Crippen LogP contribution in [-0.2, 0) is 6.42 Å². The first-order chi connectivity index (χ1) is 16.7. The highest BCUT2D eigenvalue weighted by Crippen LogP contribution is 2.38. The van der Waals surface area contributed by atoms with Crippen molar-refractivity contribution in [2.45, 2.75) is 20.3 Å². The third-order valence-corrected chi connectivity index (χ3v) is 7.10. The number of nitrogens with one attached hydrogen (secondary N) is 2. The fourth-order valence-electron chi connectivity index (χ4n) is 4.58. The number of aromatic amines is 1. The van der Waals surface area contributed by atoms with Crippen LogP contribution in [0, 0.1) is 0 Å². The van der Waals surface area contributed by atoms with Crippen LogP contribution in [0.4, 0.5) is 11.5 Å². The number of thiophene rings is 1. The quantitative estimate of drug-likeness (QED) is 0.265. The average molecular weight is 465 g/mol. The molecule has 3 heterocycles. The number of aryl methyl sites for hydroxylation is 1. The van der Waals surface area contributed by atoms with E-state index in [0.29, 0.717) is 6.61 Å². The lowest BCUT2D eigenvalue weighted by molar-refractivity contribution is 0.340. The molecule has 0 spiro atoms. The van der Waals surface area contributed by atoms with Gasteiger partial charge in [-0.25, -0.2) is 9.97 Å². The Balaban J connectivity index is 1.41. The smallest absolute Gasteiger partial charge is 0.143 e. The van der Waals surface area contributed by atoms with Gasteiger partial charge in [-0.05, 0) is 48.7 Å². The van der Waals surface area contributed by atoms with Gasteiger partial charge in [0.15, 0.2) is 0 Å². The minimum absolute atomic E-state index is 0.656. The molecule has 0 bridgehead atoms. The summed E-state index contributed by atoms with van der Waals surface area (Å²) in [6.45, 7) is 4.84. The van der Waals surface area contributed by atoms with E-state index in [-0.39, 0.29) is 0 Å². The van der Waals surface area contributed by atoms with Gasteiger partial charge in [-0.15, -0.1) is 11.3 Å². The molecule has 0 aliphatic rings. The number of aromatic nitrogens is 3. The molecule has 0 fully saturated rings. The summed E-state index contributed by atoms with van der Waals surface area (Å²) in [5.41, 5.74) is 6.89. The maximum Gasteiger partial charge on any atom is 0.143 e. The van der Waals surface area contributed by atoms with Crippen molar-refractivity contribution in [1.29, 1.82) is 0 Å². The van der Waals surface area contributed by atoms with Crippen molar-refractivity contribution >= 4 is 54.9 Å². The lowest BCUT2D eigenvalue weighted by Crippen LogP contribution is -1.95. The molecule has 0 unspecified atom stereocenters. The third kappa shape index (κ3) is 3.47. The van der Waals surface area contributed by atoms with Crippen LogP contribution in [0.5, 0.6) is 5.75 Å². The minimum Gasteiger partial charge on any atom is -0.494 e. The lowest BCUT2D eigenvalue weighted by atomic mass is 10.1. The number of hydrogen-bond acceptors (Lipinski definition) is 5. The summed E-state index contributed by atoms with van der Waals surface area (Å²) in [5, 5.41) is 9.22. The monoisotopic (exact) mass is 464 g/mol. The van der Waals surface area contributed by atoms with Crippen molar-refractivity contribution in [3.63, 3.8) is 0 Å². The summed E-state index contributed by atoms with van der Waals surface area (Å²) in [4.78, 5) is 13.7. The number of H-pyrrole nitrogens is 1. The SMILES string of the molecule is CCOc1ccc(-c2csc3ncnc(Nc4ccc5c(c4)[nH]c4c(CC)cccc45)c23)cc1. The lowest BCUT2D eigenvalue weighted by Gasteiger charge is -2.09. The zero-order valence-corrected chi connectivity index (χ0v) is 19.9. The number of para-hydroxylation sites is 1. The Morgan fingerprint density at radius 2 is 1.85 bits per heavy atom. The second-order valence-electron chi connectivity index (χ2n) is 8.21. The number of anilines is 2. The van der Waals surface area contributed by atoms with Crippen LogP contribution in [0.25, 0.3) is 43.1 Å². The Morgan fingerprint density at radius 3 is 2.68 bits per heavy atom. The van der Waals surface area contributed by atoms with Gasteiger partial charge in [0.2, 0.25) is 0 Å². The molecule has 168 valence electrons. The molecule has 2 N–H and O–H groups in total. The van der Waals surface area contributed by atoms with E-state index in [0.717, 1.165) is 50.5 Å². The molecular weight excluding hydrogens is 440 g/mol. The van der Waals surface area contributed by atoms with Crippen LogP contribution in [0.15, 0.2) is 72.4 Å². The number of fused-ring (bicyclic) bond motifs is 4. The first-order valence-electron chi connectivity index (χ1n) is 11.5. The summed E-state index contributed by atoms with van der Waals surface area (Å²) in [6.07, 6.45) is 2.62. The van der Waals surface area contributed by atoms with E-state index in [1.54, 1.807) is 17.7 Å². The molecule has 6 aromatic rings. The molecule has 0 aliphatic heterocycles. The molecular formula is C28H24N4OS. The van der Waals surface area contributed by atoms with E-state index < -0.39 is 0 Å². The molecule has 0 amide bonds. The van der Waals surface area contributed by atoms with Crippen molar-refractivity contribution in [3.8, 4) is 16.9 Å². The van der Waals surface area contributed by atoms with Crippen molar-refractivity contribution < 1.29 is 4.74 Å². The number of ether oxygens (including phenoxy) is 1. The molecule has 0 saturated carbocycles. The molecule has 6 heteroatoms. The Morgan fingerprint density at radius 1 is 0.971 bits per heavy atom. The van der Waals surface area contributed by atoms with Crippen LogP contribution in [-0.4, -0.2) is 21.6 Å². The van der Waals surface area contributed by atoms with Crippen LogP contribution in [0.1, 0.15) is 19.4 Å². The van der Waals surface area contributed by atoms with Crippen LogP contribution >= 0.6 is 11.3 Å². The van der Waals surface area contributed by atoms with Crippen LogP contribution in [0.3, 0.4) is 0 Å². The van der Waals surface area contributed by atoms with Gasteiger partial charge in [-0.2, -0.15) is 0 Å². The molecule has 0 saturated heterocycles. The van der Waals surface area contributed by atoms with Gasteiger partial charge in [-0.1, -0.05) is 43.3 Å². The Labute approximate surface area is 201 Å². The van der Waals surface area contributed by atoms with E-state index in [4.69, 9.17) is 4.74 Å². The van der Waals surface area contributed by atoms with Crippen molar-refractivity contribution in [1.82, 2.24) is 15.0 Å². The molecule has 3 aromatic carbocycles. The average Bonchev–Trinajstić information content (AvgIpc) is 3.46. The van der Waals surface area contributed by atoms with Gasteiger partial charge in [-0.3, -0.25) is 0 Å². The molecule has 0 radical (unpaired) electrons. The molecule has 6 rings (SSSR count). The molecule has 0 atom stereocenters. The van der Waals surface area contributed by atoms with Gasteiger partial charge in [0.25, 0.3) is 0 Å². The van der Waals surface area contributed by atoms with Crippen molar-refractivity contribution in [2.75, 3.05) is 11.9 Å². The van der Waals surface area contributed by atoms with Crippen molar-refractivity contribution in [3.05, 3.63) is 77.9 Å². The minimum atomic E-state index is 0.656. The van der Waals surface area contributed by atoms with E-state index in [2.05, 4.69) is 81.1 Å². The standard InChI is InChI=1S/C28H24N4OS/c1-3-17-6-5-7-22-21-13-10-19(14-24(21)32-26(17)22)31-27-25-23(15-34-28(25)30-16-29-27)18-8-11-20(12-9-18)33-4-2/h5-16,32H,3-4H2,1-2H3,(H,29,30,31). The van der Waals surface area contributed by atoms with Crippen LogP contribution < -0.4 is 10.1 Å². The van der Waals surface area contributed by atoms with Gasteiger partial charge in [0.05, 0.1) is 12.0 Å². The number of hydrogen-bond donors (Lipinski definition) is 2. The van der Waals surface area contributed by atoms with Crippen LogP contribution in [0.2, 0.25) is 0 Å². The Bertz CT molecular complexity index is 1630. The first-order valence-corrected chi connectivity index (χ1v) is 12.4. The topological polar surface area (TPSA) is 62.8 Å². The fraction of sp³-hybridized carbons (Fsp3) is 0.143. The van der Waals surface area contributed by atoms with Gasteiger partial charge < -0.3 is 15.0 Å². The fourth-order valence-corrected chi connectivity index (χ4v) is 5.49. The summed E-state index contributed by atoms with van der Waals surface area (Å²) < 4.78 is 5.60. The largest absolute Gasteiger partial charge is 0.494 e. The summed E-state index contributed by atoms with van der Waals surface area (Å²) >= 11 is 1.63. The Kier molecular flexibility index (Phi) is 5.15. The highest BCUT2D eigenvalue weighted by Gasteiger charge is 2.14. The zero-order valence-electron chi connectivity index (χ0n) is 19.1. The zero-order chi connectivity index (χ0) is 23.1. The normalized spacial score (nSPS) is 11.5. The predicted octanol–water partition coefficient (Wildman–Crippen LogP) is 7.70. The summed E-state index contributed by atoms with van der Waals surface area (Å²) in [5.74, 6) is 1.68. The number of benzene rings is 3. The first kappa shape index (κ1) is 20.7. The summed E-state index contributed by atoms with van der Waals surface area (Å²) in [7, 11) is 0. The summed E-state index contributed by atoms with van der Waals surface area (Å²) in [6, 6.07) is 21.1. The van der Waals surface area contributed by atoms with E-state index in [9.17, 15) is 0 Å². The highest BCUT2D eigenvalue weighted by molar-refractivity contribution is 7.17. The maximum atomic E-state index is 5.60. The van der Waals surface area contributed by atoms with Gasteiger partial charge >= 0.3 is 0 Å². The third-order valence-electron chi connectivity index (χ3n) is 6.21. The number of rotatable bonds is 6. The number of nitrogens with zero attached hydrogens (tertiary/aromatic N) is 2. The van der Waals surface area contributed by atoms with E-state index in [1.807, 2.05) is 19.1 Å². The maximum absolute atomic E-state index is 5.60. The predicted molar refractivity (Wildman–Crippen MR) is 142 cm³/mol. The van der Waals surface area contributed by atoms with Gasteiger partial charge in [0, 0.05) is 38.4 Å². The van der Waals surface area contributed by atoms with Gasteiger partial charge in [0.1, 0.15) is 22.7 Å². The Hall–Kier alpha value is -3.90. The second-order valence-corrected chi connectivity index (χ2v) is 9.07. The molecule has 3 aromatic heterocycles. The highest BCUT2D eigenvalue weighted by atomic mass is 32.1. The molecule has 0 aliphatic carbocycles. The van der Waals surface area contributed by atoms with E-state index in [1.165, 1.54) is 21.9 Å². The molecule has 34 heavy (non-hydrogen) atoms. The molecule has 5 nitrogen and oxygen atoms in total. The second kappa shape index (κ2) is 8.47. The van der Waals surface area contributed by atoms with E-state index >= 15 is 0 Å².